The molecule has 5 heteroatoms. The Morgan fingerprint density at radius 1 is 1.39 bits per heavy atom. The Bertz CT molecular complexity index is 572. The highest BCUT2D eigenvalue weighted by atomic mass is 79.9. The van der Waals surface area contributed by atoms with Gasteiger partial charge in [-0.25, -0.2) is 0 Å². The van der Waals surface area contributed by atoms with Crippen molar-refractivity contribution in [1.82, 2.24) is 4.98 Å². The van der Waals surface area contributed by atoms with Crippen LogP contribution in [0.1, 0.15) is 10.4 Å². The van der Waals surface area contributed by atoms with Crippen LogP contribution in [-0.2, 0) is 0 Å². The topological polar surface area (TPSA) is 53.4 Å². The second-order valence-electron chi connectivity index (χ2n) is 3.74. The number of phenolic OH excluding ortho intramolecular Hbond substituents is 1. The maximum atomic E-state index is 12.2. The molecule has 92 valence electrons. The Labute approximate surface area is 113 Å². The maximum absolute atomic E-state index is 12.2. The van der Waals surface area contributed by atoms with E-state index in [2.05, 4.69) is 20.9 Å². The summed E-state index contributed by atoms with van der Waals surface area (Å²) in [6.07, 6.45) is 3.25. The largest absolute Gasteiger partial charge is 0.507 e. The van der Waals surface area contributed by atoms with E-state index in [1.54, 1.807) is 43.7 Å². The molecular formula is C13H11BrN2O2. The van der Waals surface area contributed by atoms with Gasteiger partial charge in [0.15, 0.2) is 0 Å². The van der Waals surface area contributed by atoms with Gasteiger partial charge in [0, 0.05) is 18.8 Å². The van der Waals surface area contributed by atoms with E-state index < -0.39 is 0 Å². The van der Waals surface area contributed by atoms with E-state index in [9.17, 15) is 9.90 Å². The number of amides is 1. The molecule has 0 aliphatic rings. The van der Waals surface area contributed by atoms with Crippen molar-refractivity contribution in [2.75, 3.05) is 11.9 Å². The van der Waals surface area contributed by atoms with Gasteiger partial charge in [0.2, 0.25) is 0 Å². The number of aromatic hydroxyl groups is 1. The first-order chi connectivity index (χ1) is 8.59. The molecule has 0 saturated heterocycles. The third-order valence-corrected chi connectivity index (χ3v) is 3.20. The van der Waals surface area contributed by atoms with Crippen LogP contribution in [0, 0.1) is 0 Å². The number of phenols is 1. The Kier molecular flexibility index (Phi) is 3.62. The van der Waals surface area contributed by atoms with Crippen LogP contribution in [0.25, 0.3) is 0 Å². The lowest BCUT2D eigenvalue weighted by molar-refractivity contribution is 0.0992. The van der Waals surface area contributed by atoms with Crippen LogP contribution in [0.5, 0.6) is 5.75 Å². The molecule has 0 aliphatic heterocycles. The summed E-state index contributed by atoms with van der Waals surface area (Å²) < 4.78 is 0.558. The zero-order chi connectivity index (χ0) is 13.1. The number of benzene rings is 1. The van der Waals surface area contributed by atoms with Crippen LogP contribution >= 0.6 is 15.9 Å². The van der Waals surface area contributed by atoms with E-state index in [0.29, 0.717) is 15.7 Å². The molecule has 0 unspecified atom stereocenters. The number of hydrogen-bond acceptors (Lipinski definition) is 3. The van der Waals surface area contributed by atoms with Crippen molar-refractivity contribution in [2.24, 2.45) is 0 Å². The minimum absolute atomic E-state index is 0.0421. The van der Waals surface area contributed by atoms with Gasteiger partial charge < -0.3 is 10.0 Å². The van der Waals surface area contributed by atoms with Crippen LogP contribution in [0.15, 0.2) is 47.2 Å². The molecule has 0 atom stereocenters. The van der Waals surface area contributed by atoms with E-state index in [0.717, 1.165) is 0 Å². The summed E-state index contributed by atoms with van der Waals surface area (Å²) in [5, 5.41) is 9.57. The molecule has 4 nitrogen and oxygen atoms in total. The van der Waals surface area contributed by atoms with Crippen LogP contribution in [-0.4, -0.2) is 23.0 Å². The van der Waals surface area contributed by atoms with Crippen molar-refractivity contribution in [1.29, 1.82) is 0 Å². The van der Waals surface area contributed by atoms with Crippen molar-refractivity contribution in [2.45, 2.75) is 0 Å². The van der Waals surface area contributed by atoms with Crippen molar-refractivity contribution in [3.63, 3.8) is 0 Å². The summed E-state index contributed by atoms with van der Waals surface area (Å²) in [4.78, 5) is 17.6. The number of aromatic nitrogens is 1. The highest BCUT2D eigenvalue weighted by Gasteiger charge is 2.14. The van der Waals surface area contributed by atoms with E-state index in [4.69, 9.17) is 0 Å². The Morgan fingerprint density at radius 2 is 2.17 bits per heavy atom. The molecule has 0 saturated carbocycles. The number of pyridine rings is 1. The molecule has 1 amide bonds. The third-order valence-electron chi connectivity index (χ3n) is 2.53. The lowest BCUT2D eigenvalue weighted by atomic mass is 10.2. The monoisotopic (exact) mass is 306 g/mol. The Balaban J connectivity index is 2.29. The lowest BCUT2D eigenvalue weighted by Gasteiger charge is -2.17. The minimum atomic E-state index is -0.203. The molecule has 0 aliphatic carbocycles. The van der Waals surface area contributed by atoms with E-state index in [1.165, 1.54) is 11.0 Å². The highest BCUT2D eigenvalue weighted by Crippen LogP contribution is 2.25. The maximum Gasteiger partial charge on any atom is 0.258 e. The molecular weight excluding hydrogens is 296 g/mol. The van der Waals surface area contributed by atoms with Gasteiger partial charge in [0.1, 0.15) is 5.75 Å². The van der Waals surface area contributed by atoms with Gasteiger partial charge in [-0.2, -0.15) is 0 Å². The number of halogens is 1. The van der Waals surface area contributed by atoms with E-state index in [1.807, 2.05) is 0 Å². The molecule has 1 heterocycles. The van der Waals surface area contributed by atoms with Crippen molar-refractivity contribution >= 4 is 27.5 Å². The molecule has 0 fully saturated rings. The van der Waals surface area contributed by atoms with Crippen LogP contribution in [0.3, 0.4) is 0 Å². The molecule has 2 rings (SSSR count). The highest BCUT2D eigenvalue weighted by molar-refractivity contribution is 9.10. The van der Waals surface area contributed by atoms with Gasteiger partial charge in [-0.3, -0.25) is 9.78 Å². The molecule has 0 bridgehead atoms. The number of hydrogen-bond donors (Lipinski definition) is 1. The molecule has 0 spiro atoms. The Morgan fingerprint density at radius 3 is 2.78 bits per heavy atom. The molecule has 1 aromatic carbocycles. The van der Waals surface area contributed by atoms with Crippen molar-refractivity contribution in [3.05, 3.63) is 52.8 Å². The van der Waals surface area contributed by atoms with Gasteiger partial charge in [-0.05, 0) is 46.3 Å². The number of carbonyl (C=O) groups is 1. The normalized spacial score (nSPS) is 10.1. The molecule has 1 aromatic heterocycles. The average molecular weight is 307 g/mol. The number of rotatable bonds is 2. The fourth-order valence-corrected chi connectivity index (χ4v) is 1.76. The van der Waals surface area contributed by atoms with Crippen molar-refractivity contribution < 1.29 is 9.90 Å². The molecule has 1 N–H and O–H groups in total. The molecule has 0 radical (unpaired) electrons. The second-order valence-corrected chi connectivity index (χ2v) is 4.60. The molecule has 2 aromatic rings. The first kappa shape index (κ1) is 12.6. The van der Waals surface area contributed by atoms with Crippen molar-refractivity contribution in [3.8, 4) is 5.75 Å². The second kappa shape index (κ2) is 5.18. The summed E-state index contributed by atoms with van der Waals surface area (Å²) in [6.45, 7) is 0. The summed E-state index contributed by atoms with van der Waals surface area (Å²) in [6, 6.07) is 8.28. The number of anilines is 1. The first-order valence-electron chi connectivity index (χ1n) is 5.26. The van der Waals surface area contributed by atoms with Crippen LogP contribution in [0.2, 0.25) is 0 Å². The Hall–Kier alpha value is -1.88. The van der Waals surface area contributed by atoms with Gasteiger partial charge in [0.25, 0.3) is 5.91 Å². The van der Waals surface area contributed by atoms with Gasteiger partial charge in [-0.1, -0.05) is 0 Å². The third kappa shape index (κ3) is 2.51. The van der Waals surface area contributed by atoms with Crippen LogP contribution in [0.4, 0.5) is 5.69 Å². The smallest absolute Gasteiger partial charge is 0.258 e. The number of nitrogens with zero attached hydrogens (tertiary/aromatic N) is 2. The summed E-state index contributed by atoms with van der Waals surface area (Å²) in [5.41, 5.74) is 1.12. The quantitative estimate of drug-likeness (QED) is 0.928. The lowest BCUT2D eigenvalue weighted by Crippen LogP contribution is -2.26. The van der Waals surface area contributed by atoms with Gasteiger partial charge in [0.05, 0.1) is 16.4 Å². The summed E-state index contributed by atoms with van der Waals surface area (Å²) >= 11 is 3.18. The predicted octanol–water partition coefficient (Wildman–Crippen LogP) is 2.83. The predicted molar refractivity (Wildman–Crippen MR) is 72.8 cm³/mol. The fourth-order valence-electron chi connectivity index (χ4n) is 1.51. The van der Waals surface area contributed by atoms with E-state index in [-0.39, 0.29) is 11.7 Å². The average Bonchev–Trinajstić information content (AvgIpc) is 2.41. The fraction of sp³-hybridized carbons (Fsp3) is 0.0769. The van der Waals surface area contributed by atoms with E-state index >= 15 is 0 Å². The molecule has 18 heavy (non-hydrogen) atoms. The first-order valence-corrected chi connectivity index (χ1v) is 6.05. The van der Waals surface area contributed by atoms with Gasteiger partial charge >= 0.3 is 0 Å². The van der Waals surface area contributed by atoms with Crippen LogP contribution < -0.4 is 4.90 Å². The zero-order valence-electron chi connectivity index (χ0n) is 9.67. The summed E-state index contributed by atoms with van der Waals surface area (Å²) in [5.74, 6) is -0.161. The standard InChI is InChI=1S/C13H11BrN2O2/c1-16(10-3-2-6-15-8-10)13(18)9-4-5-11(14)12(17)7-9/h2-8,17H,1H3. The summed E-state index contributed by atoms with van der Waals surface area (Å²) in [7, 11) is 1.67. The minimum Gasteiger partial charge on any atom is -0.507 e. The zero-order valence-corrected chi connectivity index (χ0v) is 11.3. The van der Waals surface area contributed by atoms with Gasteiger partial charge in [-0.15, -0.1) is 0 Å². The SMILES string of the molecule is CN(C(=O)c1ccc(Br)c(O)c1)c1cccnc1. The number of carbonyl (C=O) groups excluding carboxylic acids is 1.